The number of sulfonamides is 1. The lowest BCUT2D eigenvalue weighted by Crippen LogP contribution is -2.26. The Labute approximate surface area is 132 Å². The van der Waals surface area contributed by atoms with Crippen molar-refractivity contribution in [3.8, 4) is 0 Å². The molecular weight excluding hydrogens is 314 g/mol. The summed E-state index contributed by atoms with van der Waals surface area (Å²) in [5.74, 6) is -0.103. The lowest BCUT2D eigenvalue weighted by molar-refractivity contribution is 0.0953. The Balaban J connectivity index is 0.00000400. The Kier molecular flexibility index (Phi) is 9.19. The molecule has 1 aromatic carbocycles. The maximum absolute atomic E-state index is 11.7. The second-order valence-corrected chi connectivity index (χ2v) is 6.42. The molecular formula is C13H22ClN3O3S. The lowest BCUT2D eigenvalue weighted by atomic mass is 10.1. The van der Waals surface area contributed by atoms with E-state index in [1.165, 1.54) is 0 Å². The molecule has 21 heavy (non-hydrogen) atoms. The first-order valence-corrected chi connectivity index (χ1v) is 8.18. The lowest BCUT2D eigenvalue weighted by Gasteiger charge is -2.07. The first kappa shape index (κ1) is 19.9. The highest BCUT2D eigenvalue weighted by Crippen LogP contribution is 2.05. The van der Waals surface area contributed by atoms with Crippen molar-refractivity contribution in [1.82, 2.24) is 10.0 Å². The molecule has 120 valence electrons. The van der Waals surface area contributed by atoms with Crippen LogP contribution in [-0.2, 0) is 16.6 Å². The number of nitrogens with two attached hydrogens (primary N) is 1. The Hall–Kier alpha value is -1.15. The van der Waals surface area contributed by atoms with Crippen LogP contribution in [0.15, 0.2) is 24.3 Å². The van der Waals surface area contributed by atoms with E-state index in [0.29, 0.717) is 18.7 Å². The van der Waals surface area contributed by atoms with Crippen LogP contribution < -0.4 is 15.8 Å². The van der Waals surface area contributed by atoms with Gasteiger partial charge in [0.15, 0.2) is 0 Å². The third-order valence-corrected chi connectivity index (χ3v) is 4.10. The van der Waals surface area contributed by atoms with Gasteiger partial charge in [0.05, 0.1) is 5.75 Å². The second-order valence-electron chi connectivity index (χ2n) is 4.32. The van der Waals surface area contributed by atoms with Gasteiger partial charge in [0, 0.05) is 18.7 Å². The van der Waals surface area contributed by atoms with Gasteiger partial charge in [-0.1, -0.05) is 12.1 Å². The summed E-state index contributed by atoms with van der Waals surface area (Å²) < 4.78 is 25.1. The zero-order chi connectivity index (χ0) is 15.0. The number of halogens is 1. The van der Waals surface area contributed by atoms with Gasteiger partial charge in [0.25, 0.3) is 5.91 Å². The van der Waals surface area contributed by atoms with Gasteiger partial charge in [0.2, 0.25) is 10.0 Å². The summed E-state index contributed by atoms with van der Waals surface area (Å²) in [4.78, 5) is 11.7. The third kappa shape index (κ3) is 7.42. The summed E-state index contributed by atoms with van der Waals surface area (Å²) in [6.45, 7) is 2.90. The van der Waals surface area contributed by atoms with Crippen LogP contribution in [-0.4, -0.2) is 33.2 Å². The average molecular weight is 336 g/mol. The molecule has 0 heterocycles. The predicted molar refractivity (Wildman–Crippen MR) is 86.0 cm³/mol. The van der Waals surface area contributed by atoms with Gasteiger partial charge in [-0.15, -0.1) is 12.4 Å². The van der Waals surface area contributed by atoms with Crippen LogP contribution >= 0.6 is 12.4 Å². The second kappa shape index (κ2) is 9.73. The van der Waals surface area contributed by atoms with E-state index in [9.17, 15) is 13.2 Å². The van der Waals surface area contributed by atoms with Crippen LogP contribution in [0.25, 0.3) is 0 Å². The van der Waals surface area contributed by atoms with Crippen molar-refractivity contribution in [3.05, 3.63) is 35.4 Å². The number of amides is 1. The topological polar surface area (TPSA) is 101 Å². The molecule has 0 saturated heterocycles. The van der Waals surface area contributed by atoms with E-state index in [1.807, 2.05) is 0 Å². The minimum atomic E-state index is -3.20. The molecule has 0 aliphatic rings. The zero-order valence-electron chi connectivity index (χ0n) is 12.0. The summed E-state index contributed by atoms with van der Waals surface area (Å²) in [6.07, 6.45) is 0.739. The number of nitrogens with one attached hydrogen (secondary N) is 2. The third-order valence-electron chi connectivity index (χ3n) is 2.76. The fourth-order valence-electron chi connectivity index (χ4n) is 1.48. The molecule has 0 saturated carbocycles. The van der Waals surface area contributed by atoms with E-state index in [-0.39, 0.29) is 30.6 Å². The normalized spacial score (nSPS) is 10.8. The quantitative estimate of drug-likeness (QED) is 0.606. The van der Waals surface area contributed by atoms with Gasteiger partial charge in [-0.3, -0.25) is 4.79 Å². The molecule has 0 spiro atoms. The Morgan fingerprint density at radius 1 is 1.24 bits per heavy atom. The molecule has 0 aliphatic heterocycles. The Morgan fingerprint density at radius 3 is 2.38 bits per heavy atom. The number of hydrogen-bond acceptors (Lipinski definition) is 4. The number of benzene rings is 1. The highest BCUT2D eigenvalue weighted by atomic mass is 35.5. The van der Waals surface area contributed by atoms with Crippen molar-refractivity contribution in [2.45, 2.75) is 19.9 Å². The van der Waals surface area contributed by atoms with E-state index in [1.54, 1.807) is 31.2 Å². The van der Waals surface area contributed by atoms with Crippen molar-refractivity contribution >= 4 is 28.3 Å². The summed E-state index contributed by atoms with van der Waals surface area (Å²) in [5.41, 5.74) is 6.70. The van der Waals surface area contributed by atoms with Crippen molar-refractivity contribution in [3.63, 3.8) is 0 Å². The van der Waals surface area contributed by atoms with Gasteiger partial charge >= 0.3 is 0 Å². The van der Waals surface area contributed by atoms with E-state index in [4.69, 9.17) is 5.73 Å². The number of hydrogen-bond donors (Lipinski definition) is 3. The smallest absolute Gasteiger partial charge is 0.251 e. The maximum atomic E-state index is 11.7. The Bertz CT molecular complexity index is 532. The molecule has 0 bridgehead atoms. The van der Waals surface area contributed by atoms with E-state index >= 15 is 0 Å². The molecule has 8 heteroatoms. The number of rotatable bonds is 8. The van der Waals surface area contributed by atoms with Gasteiger partial charge in [-0.25, -0.2) is 13.1 Å². The molecule has 0 radical (unpaired) electrons. The van der Waals surface area contributed by atoms with Crippen molar-refractivity contribution in [2.24, 2.45) is 5.73 Å². The van der Waals surface area contributed by atoms with Gasteiger partial charge < -0.3 is 11.1 Å². The van der Waals surface area contributed by atoms with Crippen LogP contribution in [0.5, 0.6) is 0 Å². The monoisotopic (exact) mass is 335 g/mol. The molecule has 1 rings (SSSR count). The predicted octanol–water partition coefficient (Wildman–Crippen LogP) is 0.626. The molecule has 0 fully saturated rings. The summed E-state index contributed by atoms with van der Waals surface area (Å²) in [7, 11) is -3.20. The molecule has 1 amide bonds. The van der Waals surface area contributed by atoms with Crippen LogP contribution in [0, 0.1) is 0 Å². The van der Waals surface area contributed by atoms with E-state index in [0.717, 1.165) is 12.0 Å². The van der Waals surface area contributed by atoms with E-state index in [2.05, 4.69) is 10.0 Å². The first-order chi connectivity index (χ1) is 9.48. The largest absolute Gasteiger partial charge is 0.352 e. The van der Waals surface area contributed by atoms with Crippen LogP contribution in [0.3, 0.4) is 0 Å². The SMILES string of the molecule is CCS(=O)(=O)NCc1ccc(C(=O)NCCCN)cc1.Cl. The molecule has 0 aliphatic carbocycles. The molecule has 6 nitrogen and oxygen atoms in total. The fraction of sp³-hybridized carbons (Fsp3) is 0.462. The molecule has 1 aromatic rings. The average Bonchev–Trinajstić information content (AvgIpc) is 2.46. The van der Waals surface area contributed by atoms with Crippen molar-refractivity contribution < 1.29 is 13.2 Å². The van der Waals surface area contributed by atoms with Crippen LogP contribution in [0.1, 0.15) is 29.3 Å². The molecule has 0 unspecified atom stereocenters. The minimum Gasteiger partial charge on any atom is -0.352 e. The van der Waals surface area contributed by atoms with Gasteiger partial charge in [-0.2, -0.15) is 0 Å². The summed E-state index contributed by atoms with van der Waals surface area (Å²) in [6, 6.07) is 6.81. The fourth-order valence-corrected chi connectivity index (χ4v) is 2.07. The zero-order valence-corrected chi connectivity index (χ0v) is 13.6. The maximum Gasteiger partial charge on any atom is 0.251 e. The molecule has 0 atom stereocenters. The van der Waals surface area contributed by atoms with Gasteiger partial charge in [0.1, 0.15) is 0 Å². The van der Waals surface area contributed by atoms with Crippen molar-refractivity contribution in [1.29, 1.82) is 0 Å². The van der Waals surface area contributed by atoms with E-state index < -0.39 is 10.0 Å². The standard InChI is InChI=1S/C13H21N3O3S.ClH/c1-2-20(18,19)16-10-11-4-6-12(7-5-11)13(17)15-9-3-8-14;/h4-7,16H,2-3,8-10,14H2,1H3,(H,15,17);1H. The number of carbonyl (C=O) groups is 1. The molecule has 4 N–H and O–H groups in total. The minimum absolute atomic E-state index is 0. The Morgan fingerprint density at radius 2 is 1.86 bits per heavy atom. The first-order valence-electron chi connectivity index (χ1n) is 6.53. The van der Waals surface area contributed by atoms with Crippen LogP contribution in [0.4, 0.5) is 0 Å². The summed E-state index contributed by atoms with van der Waals surface area (Å²) in [5, 5.41) is 2.75. The van der Waals surface area contributed by atoms with Gasteiger partial charge in [-0.05, 0) is 37.6 Å². The highest BCUT2D eigenvalue weighted by Gasteiger charge is 2.07. The van der Waals surface area contributed by atoms with Crippen LogP contribution in [0.2, 0.25) is 0 Å². The highest BCUT2D eigenvalue weighted by molar-refractivity contribution is 7.89. The number of carbonyl (C=O) groups excluding carboxylic acids is 1. The van der Waals surface area contributed by atoms with Crippen molar-refractivity contribution in [2.75, 3.05) is 18.8 Å². The molecule has 0 aromatic heterocycles. The summed E-state index contributed by atoms with van der Waals surface area (Å²) >= 11 is 0.